The fourth-order valence-corrected chi connectivity index (χ4v) is 2.53. The molecule has 1 aromatic heterocycles. The van der Waals surface area contributed by atoms with Crippen molar-refractivity contribution >= 4 is 11.5 Å². The van der Waals surface area contributed by atoms with Crippen LogP contribution in [0.5, 0.6) is 5.88 Å². The van der Waals surface area contributed by atoms with Crippen LogP contribution in [0, 0.1) is 0 Å². The first kappa shape index (κ1) is 15.8. The van der Waals surface area contributed by atoms with Gasteiger partial charge >= 0.3 is 0 Å². The molecule has 2 rings (SSSR count). The number of nitrogens with one attached hydrogen (secondary N) is 1. The van der Waals surface area contributed by atoms with E-state index in [0.717, 1.165) is 18.7 Å². The lowest BCUT2D eigenvalue weighted by molar-refractivity contribution is 0.144. The molecule has 0 bridgehead atoms. The molecule has 1 aliphatic rings. The quantitative estimate of drug-likeness (QED) is 0.716. The molecule has 0 aromatic carbocycles. The van der Waals surface area contributed by atoms with Crippen LogP contribution in [0.3, 0.4) is 0 Å². The number of anilines is 2. The number of aryl methyl sites for hydroxylation is 1. The molecule has 1 aromatic rings. The average molecular weight is 294 g/mol. The highest BCUT2D eigenvalue weighted by Crippen LogP contribution is 2.29. The molecule has 0 saturated heterocycles. The molecule has 1 saturated carbocycles. The van der Waals surface area contributed by atoms with Gasteiger partial charge in [0.1, 0.15) is 18.1 Å². The van der Waals surface area contributed by atoms with Crippen LogP contribution in [0.15, 0.2) is 0 Å². The van der Waals surface area contributed by atoms with E-state index >= 15 is 0 Å². The summed E-state index contributed by atoms with van der Waals surface area (Å²) in [6.45, 7) is 3.05. The Kier molecular flexibility index (Phi) is 6.04. The van der Waals surface area contributed by atoms with Gasteiger partial charge in [-0.25, -0.2) is 4.98 Å². The predicted molar refractivity (Wildman–Crippen MR) is 83.7 cm³/mol. The molecule has 1 aliphatic carbocycles. The lowest BCUT2D eigenvalue weighted by atomic mass is 10.2. The maximum Gasteiger partial charge on any atom is 0.242 e. The number of nitrogens with two attached hydrogens (primary N) is 1. The van der Waals surface area contributed by atoms with Crippen molar-refractivity contribution in [1.82, 2.24) is 9.97 Å². The normalized spacial score (nSPS) is 15.3. The molecule has 0 radical (unpaired) electrons. The van der Waals surface area contributed by atoms with Crippen molar-refractivity contribution in [2.45, 2.75) is 51.5 Å². The largest absolute Gasteiger partial charge is 0.474 e. The van der Waals surface area contributed by atoms with Gasteiger partial charge in [0.15, 0.2) is 5.82 Å². The lowest BCUT2D eigenvalue weighted by Gasteiger charge is -2.17. The first-order valence-corrected chi connectivity index (χ1v) is 7.79. The van der Waals surface area contributed by atoms with Crippen molar-refractivity contribution in [3.05, 3.63) is 5.82 Å². The van der Waals surface area contributed by atoms with Crippen LogP contribution in [0.1, 0.15) is 44.9 Å². The fraction of sp³-hybridized carbons (Fsp3) is 0.733. The number of nitrogen functional groups attached to an aromatic ring is 1. The summed E-state index contributed by atoms with van der Waals surface area (Å²) in [7, 11) is 1.64. The first-order chi connectivity index (χ1) is 10.2. The summed E-state index contributed by atoms with van der Waals surface area (Å²) in [6, 6.07) is 0.462. The van der Waals surface area contributed by atoms with E-state index in [-0.39, 0.29) is 0 Å². The molecule has 0 unspecified atom stereocenters. The summed E-state index contributed by atoms with van der Waals surface area (Å²) < 4.78 is 10.6. The summed E-state index contributed by atoms with van der Waals surface area (Å²) in [5.41, 5.74) is 6.65. The number of rotatable bonds is 8. The SMILES string of the molecule is CCCc1nc(NC2CCCC2)c(N)c(OCCOC)n1. The molecule has 21 heavy (non-hydrogen) atoms. The lowest BCUT2D eigenvalue weighted by Crippen LogP contribution is -2.19. The Morgan fingerprint density at radius 3 is 2.67 bits per heavy atom. The summed E-state index contributed by atoms with van der Waals surface area (Å²) in [6.07, 6.45) is 6.69. The molecular weight excluding hydrogens is 268 g/mol. The third kappa shape index (κ3) is 4.46. The van der Waals surface area contributed by atoms with Crippen LogP contribution < -0.4 is 15.8 Å². The second-order valence-corrected chi connectivity index (χ2v) is 5.42. The highest BCUT2D eigenvalue weighted by molar-refractivity contribution is 5.67. The molecule has 3 N–H and O–H groups in total. The van der Waals surface area contributed by atoms with Crippen molar-refractivity contribution in [3.8, 4) is 5.88 Å². The monoisotopic (exact) mass is 294 g/mol. The van der Waals surface area contributed by atoms with Crippen LogP contribution in [-0.4, -0.2) is 36.3 Å². The standard InChI is InChI=1S/C15H26N4O2/c1-3-6-12-18-14(17-11-7-4-5-8-11)13(16)15(19-12)21-10-9-20-2/h11H,3-10,16H2,1-2H3,(H,17,18,19). The van der Waals surface area contributed by atoms with Gasteiger partial charge in [-0.2, -0.15) is 4.98 Å². The van der Waals surface area contributed by atoms with E-state index in [1.54, 1.807) is 7.11 Å². The number of hydrogen-bond donors (Lipinski definition) is 2. The summed E-state index contributed by atoms with van der Waals surface area (Å²) >= 11 is 0. The minimum atomic E-state index is 0.437. The minimum Gasteiger partial charge on any atom is -0.474 e. The molecule has 6 nitrogen and oxygen atoms in total. The highest BCUT2D eigenvalue weighted by Gasteiger charge is 2.19. The molecule has 1 heterocycles. The highest BCUT2D eigenvalue weighted by atomic mass is 16.5. The van der Waals surface area contributed by atoms with E-state index in [4.69, 9.17) is 15.2 Å². The third-order valence-electron chi connectivity index (χ3n) is 3.65. The van der Waals surface area contributed by atoms with Crippen molar-refractivity contribution in [1.29, 1.82) is 0 Å². The molecular formula is C15H26N4O2. The van der Waals surface area contributed by atoms with Crippen molar-refractivity contribution in [2.24, 2.45) is 0 Å². The smallest absolute Gasteiger partial charge is 0.242 e. The van der Waals surface area contributed by atoms with E-state index in [1.165, 1.54) is 25.7 Å². The number of ether oxygens (including phenoxy) is 2. The maximum absolute atomic E-state index is 6.16. The van der Waals surface area contributed by atoms with Gasteiger partial charge in [-0.3, -0.25) is 0 Å². The summed E-state index contributed by atoms with van der Waals surface area (Å²) in [4.78, 5) is 8.97. The van der Waals surface area contributed by atoms with Gasteiger partial charge in [-0.05, 0) is 19.3 Å². The molecule has 0 amide bonds. The topological polar surface area (TPSA) is 82.3 Å². The van der Waals surface area contributed by atoms with Gasteiger partial charge in [0.05, 0.1) is 6.61 Å². The van der Waals surface area contributed by atoms with E-state index in [1.807, 2.05) is 0 Å². The maximum atomic E-state index is 6.16. The van der Waals surface area contributed by atoms with Crippen LogP contribution in [0.4, 0.5) is 11.5 Å². The second-order valence-electron chi connectivity index (χ2n) is 5.42. The number of methoxy groups -OCH3 is 1. The molecule has 0 aliphatic heterocycles. The van der Waals surface area contributed by atoms with E-state index < -0.39 is 0 Å². The van der Waals surface area contributed by atoms with Crippen LogP contribution in [-0.2, 0) is 11.2 Å². The van der Waals surface area contributed by atoms with Crippen molar-refractivity contribution in [2.75, 3.05) is 31.4 Å². The zero-order valence-electron chi connectivity index (χ0n) is 13.0. The number of nitrogens with zero attached hydrogens (tertiary/aromatic N) is 2. The van der Waals surface area contributed by atoms with Crippen LogP contribution in [0.25, 0.3) is 0 Å². The molecule has 0 spiro atoms. The second kappa shape index (κ2) is 8.02. The van der Waals surface area contributed by atoms with Crippen LogP contribution in [0.2, 0.25) is 0 Å². The molecule has 6 heteroatoms. The van der Waals surface area contributed by atoms with Gasteiger partial charge < -0.3 is 20.5 Å². The Labute approximate surface area is 126 Å². The van der Waals surface area contributed by atoms with E-state index in [9.17, 15) is 0 Å². The van der Waals surface area contributed by atoms with Crippen molar-refractivity contribution in [3.63, 3.8) is 0 Å². The Balaban J connectivity index is 2.15. The Hall–Kier alpha value is -1.56. The minimum absolute atomic E-state index is 0.437. The number of aromatic nitrogens is 2. The van der Waals surface area contributed by atoms with Gasteiger partial charge in [-0.15, -0.1) is 0 Å². The Morgan fingerprint density at radius 1 is 1.24 bits per heavy atom. The van der Waals surface area contributed by atoms with Gasteiger partial charge in [0.25, 0.3) is 0 Å². The van der Waals surface area contributed by atoms with Gasteiger partial charge in [0, 0.05) is 19.6 Å². The van der Waals surface area contributed by atoms with Crippen LogP contribution >= 0.6 is 0 Å². The molecule has 118 valence electrons. The average Bonchev–Trinajstić information content (AvgIpc) is 2.97. The zero-order chi connectivity index (χ0) is 15.1. The Morgan fingerprint density at radius 2 is 2.00 bits per heavy atom. The Bertz CT molecular complexity index is 448. The predicted octanol–water partition coefficient (Wildman–Crippen LogP) is 2.39. The first-order valence-electron chi connectivity index (χ1n) is 7.79. The number of hydrogen-bond acceptors (Lipinski definition) is 6. The molecule has 0 atom stereocenters. The van der Waals surface area contributed by atoms with E-state index in [2.05, 4.69) is 22.2 Å². The molecule has 1 fully saturated rings. The summed E-state index contributed by atoms with van der Waals surface area (Å²) in [5, 5.41) is 3.45. The zero-order valence-corrected chi connectivity index (χ0v) is 13.0. The van der Waals surface area contributed by atoms with Gasteiger partial charge in [0.2, 0.25) is 5.88 Å². The van der Waals surface area contributed by atoms with Crippen molar-refractivity contribution < 1.29 is 9.47 Å². The fourth-order valence-electron chi connectivity index (χ4n) is 2.53. The van der Waals surface area contributed by atoms with E-state index in [0.29, 0.717) is 36.6 Å². The van der Waals surface area contributed by atoms with Gasteiger partial charge in [-0.1, -0.05) is 19.8 Å². The third-order valence-corrected chi connectivity index (χ3v) is 3.65. The summed E-state index contributed by atoms with van der Waals surface area (Å²) in [5.74, 6) is 1.96.